The summed E-state index contributed by atoms with van der Waals surface area (Å²) in [6, 6.07) is 7.08. The van der Waals surface area contributed by atoms with Crippen molar-refractivity contribution in [1.82, 2.24) is 20.1 Å². The Hall–Kier alpha value is -3.79. The van der Waals surface area contributed by atoms with Crippen molar-refractivity contribution in [2.45, 2.75) is 82.4 Å². The molecule has 0 saturated carbocycles. The van der Waals surface area contributed by atoms with Crippen molar-refractivity contribution in [2.24, 2.45) is 22.2 Å². The van der Waals surface area contributed by atoms with E-state index in [0.717, 1.165) is 42.0 Å². The van der Waals surface area contributed by atoms with Gasteiger partial charge in [-0.2, -0.15) is 17.0 Å². The molecule has 13 heteroatoms. The highest BCUT2D eigenvalue weighted by atomic mass is 32.2. The number of nitrogens with zero attached hydrogens (tertiary/aromatic N) is 6. The molecule has 3 saturated heterocycles. The van der Waals surface area contributed by atoms with Crippen LogP contribution in [0.25, 0.3) is 0 Å². The third-order valence-electron chi connectivity index (χ3n) is 10.2. The van der Waals surface area contributed by atoms with E-state index in [1.807, 2.05) is 72.8 Å². The van der Waals surface area contributed by atoms with E-state index < -0.39 is 23.2 Å². The molecular formula is C34H46N8O4S. The van der Waals surface area contributed by atoms with Crippen LogP contribution in [0.5, 0.6) is 0 Å². The van der Waals surface area contributed by atoms with E-state index in [4.69, 9.17) is 4.74 Å². The first-order valence-electron chi connectivity index (χ1n) is 16.9. The highest BCUT2D eigenvalue weighted by molar-refractivity contribution is 7.99. The molecule has 1 aromatic rings. The van der Waals surface area contributed by atoms with Crippen LogP contribution in [0.3, 0.4) is 0 Å². The van der Waals surface area contributed by atoms with Crippen LogP contribution in [0.2, 0.25) is 0 Å². The van der Waals surface area contributed by atoms with Gasteiger partial charge in [-0.25, -0.2) is 4.79 Å². The number of nitrogens with one attached hydrogen (secondary N) is 2. The molecule has 5 heterocycles. The summed E-state index contributed by atoms with van der Waals surface area (Å²) in [6.45, 7) is 7.77. The molecule has 47 heavy (non-hydrogen) atoms. The molecule has 5 aliphatic heterocycles. The number of hydrogen-bond donors (Lipinski definition) is 2. The predicted molar refractivity (Wildman–Crippen MR) is 179 cm³/mol. The summed E-state index contributed by atoms with van der Waals surface area (Å²) in [5.41, 5.74) is 0.894. The fraction of sp³-hybridized carbons (Fsp3) is 0.647. The summed E-state index contributed by atoms with van der Waals surface area (Å²) in [7, 11) is 0. The average molecular weight is 663 g/mol. The molecule has 0 bridgehead atoms. The molecule has 6 rings (SSSR count). The van der Waals surface area contributed by atoms with Gasteiger partial charge < -0.3 is 20.3 Å². The Morgan fingerprint density at radius 1 is 1.21 bits per heavy atom. The summed E-state index contributed by atoms with van der Waals surface area (Å²) in [5, 5.41) is 27.1. The van der Waals surface area contributed by atoms with Crippen LogP contribution in [-0.2, 0) is 19.7 Å². The van der Waals surface area contributed by atoms with Crippen LogP contribution in [0.1, 0.15) is 64.9 Å². The van der Waals surface area contributed by atoms with Crippen molar-refractivity contribution in [1.29, 1.82) is 5.26 Å². The Balaban J connectivity index is 1.10. The van der Waals surface area contributed by atoms with E-state index in [9.17, 15) is 19.6 Å². The number of rotatable bonds is 7. The second-order valence-corrected chi connectivity index (χ2v) is 15.5. The van der Waals surface area contributed by atoms with Gasteiger partial charge in [0.1, 0.15) is 11.6 Å². The number of ether oxygens (including phenoxy) is 1. The molecule has 0 aliphatic carbocycles. The van der Waals surface area contributed by atoms with Gasteiger partial charge in [-0.1, -0.05) is 23.4 Å². The zero-order valence-corrected chi connectivity index (χ0v) is 28.4. The van der Waals surface area contributed by atoms with Crippen LogP contribution < -0.4 is 10.6 Å². The number of fused-ring (bicyclic) bond motifs is 2. The number of nitriles is 1. The molecule has 5 atom stereocenters. The number of carbonyl (C=O) groups is 3. The van der Waals surface area contributed by atoms with Gasteiger partial charge in [0, 0.05) is 25.3 Å². The number of thioether (sulfide) groups is 1. The van der Waals surface area contributed by atoms with E-state index in [1.165, 1.54) is 11.3 Å². The molecule has 3 amide bonds. The maximum absolute atomic E-state index is 14.0. The maximum atomic E-state index is 14.0. The number of hydrogen-bond acceptors (Lipinski definition) is 10. The van der Waals surface area contributed by atoms with Crippen LogP contribution >= 0.6 is 11.8 Å². The van der Waals surface area contributed by atoms with Crippen molar-refractivity contribution in [3.8, 4) is 6.19 Å². The van der Waals surface area contributed by atoms with Crippen LogP contribution in [0, 0.1) is 23.3 Å². The molecule has 0 spiro atoms. The first-order chi connectivity index (χ1) is 22.6. The summed E-state index contributed by atoms with van der Waals surface area (Å²) >= 11 is 1.98. The molecule has 252 valence electrons. The van der Waals surface area contributed by atoms with E-state index in [0.29, 0.717) is 56.6 Å². The fourth-order valence-corrected chi connectivity index (χ4v) is 9.07. The van der Waals surface area contributed by atoms with Crippen LogP contribution in [0.4, 0.5) is 10.5 Å². The molecule has 3 fully saturated rings. The normalized spacial score (nSPS) is 28.9. The summed E-state index contributed by atoms with van der Waals surface area (Å²) < 4.78 is 5.49. The van der Waals surface area contributed by atoms with Gasteiger partial charge in [-0.3, -0.25) is 19.5 Å². The zero-order valence-electron chi connectivity index (χ0n) is 27.6. The maximum Gasteiger partial charge on any atom is 0.410 e. The highest BCUT2D eigenvalue weighted by Crippen LogP contribution is 2.50. The van der Waals surface area contributed by atoms with E-state index in [2.05, 4.69) is 27.2 Å². The third-order valence-corrected chi connectivity index (χ3v) is 11.4. The number of piperidine rings is 1. The average Bonchev–Trinajstić information content (AvgIpc) is 3.57. The number of amides is 3. The predicted octanol–water partition coefficient (Wildman–Crippen LogP) is 4.66. The molecule has 12 nitrogen and oxygen atoms in total. The number of likely N-dealkylation sites (tertiary alicyclic amines) is 2. The second-order valence-electron chi connectivity index (χ2n) is 14.3. The Bertz CT molecular complexity index is 1470. The lowest BCUT2D eigenvalue weighted by atomic mass is 9.65. The van der Waals surface area contributed by atoms with Gasteiger partial charge in [0.05, 0.1) is 30.2 Å². The number of carbonyl (C=O) groups excluding carboxylic acids is 3. The largest absolute Gasteiger partial charge is 0.444 e. The Morgan fingerprint density at radius 3 is 2.81 bits per heavy atom. The van der Waals surface area contributed by atoms with Gasteiger partial charge in [0.2, 0.25) is 11.8 Å². The van der Waals surface area contributed by atoms with E-state index in [1.54, 1.807) is 0 Å². The monoisotopic (exact) mass is 662 g/mol. The van der Waals surface area contributed by atoms with Crippen molar-refractivity contribution < 1.29 is 19.1 Å². The quantitative estimate of drug-likeness (QED) is 0.402. The first-order valence-corrected chi connectivity index (χ1v) is 18.0. The lowest BCUT2D eigenvalue weighted by Crippen LogP contribution is -2.59. The van der Waals surface area contributed by atoms with Crippen LogP contribution in [0.15, 0.2) is 46.4 Å². The van der Waals surface area contributed by atoms with Crippen molar-refractivity contribution in [3.05, 3.63) is 41.6 Å². The third kappa shape index (κ3) is 6.93. The second kappa shape index (κ2) is 13.7. The smallest absolute Gasteiger partial charge is 0.410 e. The minimum absolute atomic E-state index is 0.0503. The highest BCUT2D eigenvalue weighted by Gasteiger charge is 2.56. The van der Waals surface area contributed by atoms with Gasteiger partial charge in [-0.05, 0) is 100 Å². The van der Waals surface area contributed by atoms with Crippen molar-refractivity contribution in [3.63, 3.8) is 0 Å². The molecule has 2 N–H and O–H groups in total. The molecule has 1 unspecified atom stereocenters. The molecule has 1 aromatic carbocycles. The molecule has 0 radical (unpaired) electrons. The van der Waals surface area contributed by atoms with E-state index in [-0.39, 0.29) is 24.4 Å². The summed E-state index contributed by atoms with van der Waals surface area (Å²) in [4.78, 5) is 43.1. The topological polar surface area (TPSA) is 143 Å². The first kappa shape index (κ1) is 33.1. The van der Waals surface area contributed by atoms with Crippen LogP contribution in [-0.4, -0.2) is 94.6 Å². The molecule has 5 aliphatic rings. The van der Waals surface area contributed by atoms with Gasteiger partial charge in [0.25, 0.3) is 0 Å². The summed E-state index contributed by atoms with van der Waals surface area (Å²) in [5.74, 6) is 2.90. The van der Waals surface area contributed by atoms with Gasteiger partial charge >= 0.3 is 6.09 Å². The Labute approximate surface area is 281 Å². The summed E-state index contributed by atoms with van der Waals surface area (Å²) in [6.07, 6.45) is 8.88. The minimum Gasteiger partial charge on any atom is -0.444 e. The zero-order chi connectivity index (χ0) is 33.2. The molecular weight excluding hydrogens is 616 g/mol. The minimum atomic E-state index is -0.883. The number of para-hydroxylation sites is 1. The number of benzene rings is 1. The number of anilines is 1. The van der Waals surface area contributed by atoms with Gasteiger partial charge in [-0.15, -0.1) is 5.11 Å². The SMILES string of the molecule is CC(C)(C)OC(=O)N1CCC[C@H]1C(=O)NCC1=CCN(CC[C@]2(C3C[C@@H]4CCCSC[C@H]4CN3C#N)C(=O)Nc3ccccc32)N=N1. The lowest BCUT2D eigenvalue weighted by molar-refractivity contribution is -0.125. The van der Waals surface area contributed by atoms with E-state index >= 15 is 0 Å². The Kier molecular flexibility index (Phi) is 9.69. The lowest BCUT2D eigenvalue weighted by Gasteiger charge is -2.48. The standard InChI is InChI=1S/C34H46N8O4S/c1-33(2,3)46-32(45)42-14-6-11-28(42)30(43)36-19-25-12-15-41(39-38-25)16-13-34(26-9-4-5-10-27(26)37-31(34)44)29-18-23-8-7-17-47-21-24(23)20-40(29)22-35/h4-5,9-10,12,23-24,28-29H,6-8,11,13-21H2,1-3H3,(H,36,43)(H,37,44)/t23-,24+,28-,29?,34-/m0/s1. The van der Waals surface area contributed by atoms with Gasteiger partial charge in [0.15, 0.2) is 6.19 Å². The Morgan fingerprint density at radius 2 is 2.04 bits per heavy atom. The van der Waals surface area contributed by atoms with Crippen molar-refractivity contribution in [2.75, 3.05) is 49.5 Å². The van der Waals surface area contributed by atoms with Crippen molar-refractivity contribution >= 4 is 35.4 Å². The molecule has 0 aromatic heterocycles. The fourth-order valence-electron chi connectivity index (χ4n) is 7.85.